The van der Waals surface area contributed by atoms with Crippen molar-refractivity contribution in [3.8, 4) is 5.75 Å². The summed E-state index contributed by atoms with van der Waals surface area (Å²) < 4.78 is 5.78. The molecule has 2 aromatic carbocycles. The lowest BCUT2D eigenvalue weighted by Gasteiger charge is -2.47. The summed E-state index contributed by atoms with van der Waals surface area (Å²) in [5, 5.41) is 0. The molecule has 2 atom stereocenters. The maximum atomic E-state index is 12.5. The van der Waals surface area contributed by atoms with E-state index in [1.165, 1.54) is 5.56 Å². The molecule has 1 fully saturated rings. The van der Waals surface area contributed by atoms with Crippen molar-refractivity contribution >= 4 is 5.91 Å². The highest BCUT2D eigenvalue weighted by molar-refractivity contribution is 5.77. The number of para-hydroxylation sites is 1. The molecule has 0 spiro atoms. The van der Waals surface area contributed by atoms with Crippen LogP contribution in [0.3, 0.4) is 0 Å². The van der Waals surface area contributed by atoms with Gasteiger partial charge in [0.25, 0.3) is 0 Å². The zero-order valence-electron chi connectivity index (χ0n) is 14.4. The van der Waals surface area contributed by atoms with Gasteiger partial charge in [-0.3, -0.25) is 4.79 Å². The summed E-state index contributed by atoms with van der Waals surface area (Å²) in [6.07, 6.45) is 1.29. The van der Waals surface area contributed by atoms with Gasteiger partial charge in [0.1, 0.15) is 5.75 Å². The quantitative estimate of drug-likeness (QED) is 0.739. The summed E-state index contributed by atoms with van der Waals surface area (Å²) in [5.41, 5.74) is 2.37. The van der Waals surface area contributed by atoms with Crippen molar-refractivity contribution in [2.45, 2.75) is 32.7 Å². The molecule has 1 heterocycles. The molecule has 3 heteroatoms. The third kappa shape index (κ3) is 3.61. The Hall–Kier alpha value is -2.29. The molecule has 0 saturated carbocycles. The first-order valence-electron chi connectivity index (χ1n) is 8.69. The second-order valence-electron chi connectivity index (χ2n) is 6.60. The topological polar surface area (TPSA) is 29.5 Å². The molecule has 3 nitrogen and oxygen atoms in total. The Kier molecular flexibility index (Phi) is 5.19. The standard InChI is InChI=1S/C21H25NO2/c1-16-9-6-7-12-19(16)24-14-8-13-20(23)22-15-17(2)21(22)18-10-4-3-5-11-18/h3-7,9-12,17,21H,8,13-15H2,1-2H3. The molecule has 0 N–H and O–H groups in total. The third-order valence-corrected chi connectivity index (χ3v) is 4.71. The summed E-state index contributed by atoms with van der Waals surface area (Å²) in [6, 6.07) is 18.5. The van der Waals surface area contributed by atoms with Gasteiger partial charge in [0.2, 0.25) is 5.91 Å². The minimum absolute atomic E-state index is 0.232. The fourth-order valence-electron chi connectivity index (χ4n) is 3.38. The van der Waals surface area contributed by atoms with Crippen LogP contribution in [0.2, 0.25) is 0 Å². The Labute approximate surface area is 144 Å². The second-order valence-corrected chi connectivity index (χ2v) is 6.60. The van der Waals surface area contributed by atoms with Gasteiger partial charge in [-0.05, 0) is 36.5 Å². The molecule has 0 aromatic heterocycles. The predicted molar refractivity (Wildman–Crippen MR) is 96.0 cm³/mol. The third-order valence-electron chi connectivity index (χ3n) is 4.71. The Morgan fingerprint density at radius 3 is 2.54 bits per heavy atom. The Bertz CT molecular complexity index is 683. The molecule has 24 heavy (non-hydrogen) atoms. The van der Waals surface area contributed by atoms with Crippen LogP contribution in [0.15, 0.2) is 54.6 Å². The molecule has 1 amide bonds. The average Bonchev–Trinajstić information content (AvgIpc) is 2.58. The summed E-state index contributed by atoms with van der Waals surface area (Å²) in [6.45, 7) is 5.68. The number of rotatable bonds is 6. The fourth-order valence-corrected chi connectivity index (χ4v) is 3.38. The van der Waals surface area contributed by atoms with Crippen LogP contribution in [0.1, 0.15) is 36.9 Å². The van der Waals surface area contributed by atoms with Crippen molar-refractivity contribution < 1.29 is 9.53 Å². The minimum Gasteiger partial charge on any atom is -0.493 e. The van der Waals surface area contributed by atoms with Crippen molar-refractivity contribution in [3.05, 3.63) is 65.7 Å². The van der Waals surface area contributed by atoms with Crippen molar-refractivity contribution in [1.29, 1.82) is 0 Å². The van der Waals surface area contributed by atoms with Crippen LogP contribution in [-0.4, -0.2) is 24.0 Å². The molecule has 0 aliphatic carbocycles. The number of benzene rings is 2. The van der Waals surface area contributed by atoms with E-state index in [1.807, 2.05) is 54.3 Å². The van der Waals surface area contributed by atoms with Crippen LogP contribution in [-0.2, 0) is 4.79 Å². The lowest BCUT2D eigenvalue weighted by Crippen LogP contribution is -2.51. The predicted octanol–water partition coefficient (Wildman–Crippen LogP) is 4.37. The molecule has 3 rings (SSSR count). The van der Waals surface area contributed by atoms with Gasteiger partial charge in [0, 0.05) is 13.0 Å². The van der Waals surface area contributed by atoms with Crippen LogP contribution in [0, 0.1) is 12.8 Å². The van der Waals surface area contributed by atoms with E-state index < -0.39 is 0 Å². The normalized spacial score (nSPS) is 19.7. The van der Waals surface area contributed by atoms with Crippen molar-refractivity contribution in [2.75, 3.05) is 13.2 Å². The van der Waals surface area contributed by atoms with Gasteiger partial charge in [0.15, 0.2) is 0 Å². The molecule has 1 aliphatic rings. The van der Waals surface area contributed by atoms with E-state index in [4.69, 9.17) is 4.74 Å². The van der Waals surface area contributed by atoms with E-state index >= 15 is 0 Å². The van der Waals surface area contributed by atoms with Crippen molar-refractivity contribution in [2.24, 2.45) is 5.92 Å². The zero-order chi connectivity index (χ0) is 16.9. The Morgan fingerprint density at radius 1 is 1.12 bits per heavy atom. The van der Waals surface area contributed by atoms with Gasteiger partial charge in [-0.25, -0.2) is 0 Å². The van der Waals surface area contributed by atoms with Gasteiger partial charge in [-0.2, -0.15) is 0 Å². The van der Waals surface area contributed by atoms with Crippen LogP contribution in [0.5, 0.6) is 5.75 Å². The van der Waals surface area contributed by atoms with Gasteiger partial charge in [-0.1, -0.05) is 55.5 Å². The van der Waals surface area contributed by atoms with Gasteiger partial charge in [-0.15, -0.1) is 0 Å². The molecule has 0 bridgehead atoms. The minimum atomic E-state index is 0.232. The van der Waals surface area contributed by atoms with E-state index in [0.29, 0.717) is 18.9 Å². The van der Waals surface area contributed by atoms with Crippen LogP contribution < -0.4 is 4.74 Å². The molecular weight excluding hydrogens is 298 g/mol. The highest BCUT2D eigenvalue weighted by Crippen LogP contribution is 2.38. The first-order chi connectivity index (χ1) is 11.7. The zero-order valence-corrected chi connectivity index (χ0v) is 14.4. The van der Waals surface area contributed by atoms with Crippen LogP contribution in [0.25, 0.3) is 0 Å². The number of amides is 1. The number of hydrogen-bond donors (Lipinski definition) is 0. The molecular formula is C21H25NO2. The van der Waals surface area contributed by atoms with E-state index in [9.17, 15) is 4.79 Å². The summed E-state index contributed by atoms with van der Waals surface area (Å²) in [5.74, 6) is 1.67. The monoisotopic (exact) mass is 323 g/mol. The Balaban J connectivity index is 1.48. The first kappa shape index (κ1) is 16.6. The highest BCUT2D eigenvalue weighted by atomic mass is 16.5. The van der Waals surface area contributed by atoms with Gasteiger partial charge >= 0.3 is 0 Å². The summed E-state index contributed by atoms with van der Waals surface area (Å²) in [7, 11) is 0. The highest BCUT2D eigenvalue weighted by Gasteiger charge is 2.39. The van der Waals surface area contributed by atoms with E-state index in [1.54, 1.807) is 0 Å². The largest absolute Gasteiger partial charge is 0.493 e. The van der Waals surface area contributed by atoms with E-state index in [0.717, 1.165) is 24.3 Å². The molecule has 1 aliphatic heterocycles. The number of ether oxygens (including phenoxy) is 1. The van der Waals surface area contributed by atoms with Crippen LogP contribution >= 0.6 is 0 Å². The first-order valence-corrected chi connectivity index (χ1v) is 8.69. The van der Waals surface area contributed by atoms with Crippen molar-refractivity contribution in [1.82, 2.24) is 4.90 Å². The average molecular weight is 323 g/mol. The molecule has 2 aromatic rings. The van der Waals surface area contributed by atoms with Crippen molar-refractivity contribution in [3.63, 3.8) is 0 Å². The SMILES string of the molecule is Cc1ccccc1OCCCC(=O)N1CC(C)C1c1ccccc1. The molecule has 1 saturated heterocycles. The summed E-state index contributed by atoms with van der Waals surface area (Å²) in [4.78, 5) is 14.5. The van der Waals surface area contributed by atoms with E-state index in [2.05, 4.69) is 19.1 Å². The molecule has 0 radical (unpaired) electrons. The lowest BCUT2D eigenvalue weighted by atomic mass is 9.84. The maximum absolute atomic E-state index is 12.5. The van der Waals surface area contributed by atoms with Gasteiger partial charge in [0.05, 0.1) is 12.6 Å². The maximum Gasteiger partial charge on any atom is 0.223 e. The smallest absolute Gasteiger partial charge is 0.223 e. The summed E-state index contributed by atoms with van der Waals surface area (Å²) >= 11 is 0. The lowest BCUT2D eigenvalue weighted by molar-refractivity contribution is -0.143. The second kappa shape index (κ2) is 7.52. The number of nitrogens with zero attached hydrogens (tertiary/aromatic N) is 1. The fraction of sp³-hybridized carbons (Fsp3) is 0.381. The molecule has 2 unspecified atom stereocenters. The van der Waals surface area contributed by atoms with Gasteiger partial charge < -0.3 is 9.64 Å². The van der Waals surface area contributed by atoms with Crippen LogP contribution in [0.4, 0.5) is 0 Å². The number of carbonyl (C=O) groups is 1. The number of likely N-dealkylation sites (tertiary alicyclic amines) is 1. The number of hydrogen-bond acceptors (Lipinski definition) is 2. The number of aryl methyl sites for hydroxylation is 1. The van der Waals surface area contributed by atoms with E-state index in [-0.39, 0.29) is 11.9 Å². The Morgan fingerprint density at radius 2 is 1.83 bits per heavy atom. The number of carbonyl (C=O) groups excluding carboxylic acids is 1. The molecule has 126 valence electrons.